The Morgan fingerprint density at radius 2 is 1.85 bits per heavy atom. The highest BCUT2D eigenvalue weighted by Crippen LogP contribution is 2.27. The van der Waals surface area contributed by atoms with Gasteiger partial charge in [-0.2, -0.15) is 0 Å². The second kappa shape index (κ2) is 12.5. The van der Waals surface area contributed by atoms with Gasteiger partial charge in [-0.25, -0.2) is 4.79 Å². The average Bonchev–Trinajstić information content (AvgIpc) is 3.22. The molecular weight excluding hydrogens is 428 g/mol. The molecule has 1 fully saturated rings. The van der Waals surface area contributed by atoms with Crippen molar-refractivity contribution in [2.24, 2.45) is 13.0 Å². The normalized spacial score (nSPS) is 14.1. The molecule has 1 aliphatic carbocycles. The van der Waals surface area contributed by atoms with Gasteiger partial charge in [0.25, 0.3) is 0 Å². The van der Waals surface area contributed by atoms with Crippen LogP contribution in [0.3, 0.4) is 0 Å². The highest BCUT2D eigenvalue weighted by atomic mass is 16.5. The Morgan fingerprint density at radius 3 is 2.50 bits per heavy atom. The van der Waals surface area contributed by atoms with E-state index in [1.165, 1.54) is 6.42 Å². The molecule has 0 bridgehead atoms. The van der Waals surface area contributed by atoms with E-state index < -0.39 is 0 Å². The summed E-state index contributed by atoms with van der Waals surface area (Å²) in [6, 6.07) is 11.3. The summed E-state index contributed by atoms with van der Waals surface area (Å²) in [6.07, 6.45) is 7.19. The molecular formula is C27H40N4O3. The second-order valence-electron chi connectivity index (χ2n) is 9.56. The number of nitrogens with zero attached hydrogens (tertiary/aromatic N) is 3. The lowest BCUT2D eigenvalue weighted by molar-refractivity contribution is -0.133. The van der Waals surface area contributed by atoms with Crippen LogP contribution in [0.4, 0.5) is 10.5 Å². The van der Waals surface area contributed by atoms with Gasteiger partial charge in [0, 0.05) is 31.5 Å². The smallest absolute Gasteiger partial charge is 0.322 e. The molecule has 1 aliphatic rings. The lowest BCUT2D eigenvalue weighted by atomic mass is 9.94. The highest BCUT2D eigenvalue weighted by Gasteiger charge is 2.30. The van der Waals surface area contributed by atoms with Crippen LogP contribution in [-0.2, 0) is 18.4 Å². The third-order valence-electron chi connectivity index (χ3n) is 6.35. The molecule has 1 N–H and O–H groups in total. The summed E-state index contributed by atoms with van der Waals surface area (Å²) >= 11 is 0. The monoisotopic (exact) mass is 468 g/mol. The number of rotatable bonds is 10. The molecule has 7 nitrogen and oxygen atoms in total. The largest absolute Gasteiger partial charge is 0.492 e. The SMILES string of the molecule is CCOc1ccccc1NC(=O)N(CC(=O)N(Cc1cccn1C)CC(C)C)C1CCCCC1. The molecule has 3 amide bonds. The molecule has 3 rings (SSSR count). The second-order valence-corrected chi connectivity index (χ2v) is 9.56. The van der Waals surface area contributed by atoms with Gasteiger partial charge in [0.15, 0.2) is 0 Å². The molecule has 1 saturated carbocycles. The molecule has 34 heavy (non-hydrogen) atoms. The molecule has 1 aromatic heterocycles. The van der Waals surface area contributed by atoms with Gasteiger partial charge in [-0.05, 0) is 49.9 Å². The summed E-state index contributed by atoms with van der Waals surface area (Å²) in [6.45, 7) is 7.92. The number of para-hydroxylation sites is 2. The molecule has 1 heterocycles. The van der Waals surface area contributed by atoms with Gasteiger partial charge in [0.1, 0.15) is 12.3 Å². The summed E-state index contributed by atoms with van der Waals surface area (Å²) in [5.41, 5.74) is 1.71. The zero-order valence-corrected chi connectivity index (χ0v) is 21.1. The minimum absolute atomic E-state index is 0.0197. The molecule has 0 radical (unpaired) electrons. The van der Waals surface area contributed by atoms with Crippen LogP contribution in [0.2, 0.25) is 0 Å². The number of nitrogens with one attached hydrogen (secondary N) is 1. The average molecular weight is 469 g/mol. The van der Waals surface area contributed by atoms with Crippen molar-refractivity contribution < 1.29 is 14.3 Å². The Balaban J connectivity index is 1.79. The van der Waals surface area contributed by atoms with E-state index in [4.69, 9.17) is 4.74 Å². The lowest BCUT2D eigenvalue weighted by Crippen LogP contribution is -2.50. The molecule has 2 aromatic rings. The van der Waals surface area contributed by atoms with Crippen LogP contribution < -0.4 is 10.1 Å². The van der Waals surface area contributed by atoms with E-state index in [0.717, 1.165) is 31.4 Å². The van der Waals surface area contributed by atoms with Gasteiger partial charge in [-0.1, -0.05) is 45.2 Å². The molecule has 0 unspecified atom stereocenters. The molecule has 0 saturated heterocycles. The van der Waals surface area contributed by atoms with E-state index in [9.17, 15) is 9.59 Å². The van der Waals surface area contributed by atoms with E-state index in [1.807, 2.05) is 66.0 Å². The number of aryl methyl sites for hydroxylation is 1. The lowest BCUT2D eigenvalue weighted by Gasteiger charge is -2.36. The predicted molar refractivity (Wildman–Crippen MR) is 136 cm³/mol. The van der Waals surface area contributed by atoms with Gasteiger partial charge in [-0.3, -0.25) is 4.79 Å². The Bertz CT molecular complexity index is 933. The maximum atomic E-state index is 13.6. The van der Waals surface area contributed by atoms with E-state index in [2.05, 4.69) is 19.2 Å². The number of anilines is 1. The number of amides is 3. The van der Waals surface area contributed by atoms with Gasteiger partial charge in [0.2, 0.25) is 5.91 Å². The van der Waals surface area contributed by atoms with Crippen LogP contribution in [0.1, 0.15) is 58.6 Å². The summed E-state index contributed by atoms with van der Waals surface area (Å²) in [4.78, 5) is 30.7. The van der Waals surface area contributed by atoms with Crippen LogP contribution in [0.25, 0.3) is 0 Å². The minimum Gasteiger partial charge on any atom is -0.492 e. The Kier molecular flexibility index (Phi) is 9.42. The van der Waals surface area contributed by atoms with Crippen molar-refractivity contribution in [2.45, 2.75) is 65.5 Å². The van der Waals surface area contributed by atoms with Crippen LogP contribution in [0.15, 0.2) is 42.6 Å². The third kappa shape index (κ3) is 7.02. The van der Waals surface area contributed by atoms with Crippen molar-refractivity contribution in [3.05, 3.63) is 48.3 Å². The first-order valence-electron chi connectivity index (χ1n) is 12.6. The fourth-order valence-electron chi connectivity index (χ4n) is 4.60. The molecule has 0 spiro atoms. The van der Waals surface area contributed by atoms with Crippen molar-refractivity contribution in [2.75, 3.05) is 25.0 Å². The highest BCUT2D eigenvalue weighted by molar-refractivity contribution is 5.93. The van der Waals surface area contributed by atoms with Crippen molar-refractivity contribution in [1.82, 2.24) is 14.4 Å². The van der Waals surface area contributed by atoms with Gasteiger partial charge in [0.05, 0.1) is 18.8 Å². The summed E-state index contributed by atoms with van der Waals surface area (Å²) < 4.78 is 7.72. The first-order chi connectivity index (χ1) is 16.4. The summed E-state index contributed by atoms with van der Waals surface area (Å²) in [5.74, 6) is 0.950. The summed E-state index contributed by atoms with van der Waals surface area (Å²) in [7, 11) is 1.99. The van der Waals surface area contributed by atoms with Crippen molar-refractivity contribution >= 4 is 17.6 Å². The molecule has 186 valence electrons. The Hall–Kier alpha value is -2.96. The number of hydrogen-bond acceptors (Lipinski definition) is 3. The standard InChI is InChI=1S/C27H40N4O3/c1-5-34-25-16-10-9-15-24(25)28-27(33)31(22-12-7-6-8-13-22)20-26(32)30(18-21(2)3)19-23-14-11-17-29(23)4/h9-11,14-17,21-22H,5-8,12-13,18-20H2,1-4H3,(H,28,33). The molecule has 0 aliphatic heterocycles. The van der Waals surface area contributed by atoms with Crippen LogP contribution >= 0.6 is 0 Å². The summed E-state index contributed by atoms with van der Waals surface area (Å²) in [5, 5.41) is 3.02. The minimum atomic E-state index is -0.240. The van der Waals surface area contributed by atoms with Crippen LogP contribution in [-0.4, -0.2) is 52.0 Å². The fraction of sp³-hybridized carbons (Fsp3) is 0.556. The molecule has 0 atom stereocenters. The number of urea groups is 1. The quantitative estimate of drug-likeness (QED) is 0.516. The van der Waals surface area contributed by atoms with Gasteiger partial charge < -0.3 is 24.4 Å². The maximum Gasteiger partial charge on any atom is 0.322 e. The van der Waals surface area contributed by atoms with Gasteiger partial charge >= 0.3 is 6.03 Å². The van der Waals surface area contributed by atoms with Crippen molar-refractivity contribution in [1.29, 1.82) is 0 Å². The van der Waals surface area contributed by atoms with E-state index in [-0.39, 0.29) is 24.5 Å². The zero-order chi connectivity index (χ0) is 24.5. The maximum absolute atomic E-state index is 13.6. The van der Waals surface area contributed by atoms with E-state index in [0.29, 0.717) is 37.1 Å². The predicted octanol–water partition coefficient (Wildman–Crippen LogP) is 5.28. The van der Waals surface area contributed by atoms with E-state index in [1.54, 1.807) is 4.90 Å². The zero-order valence-electron chi connectivity index (χ0n) is 21.1. The molecule has 1 aromatic carbocycles. The topological polar surface area (TPSA) is 66.8 Å². The Morgan fingerprint density at radius 1 is 1.12 bits per heavy atom. The number of ether oxygens (including phenoxy) is 1. The third-order valence-corrected chi connectivity index (χ3v) is 6.35. The fourth-order valence-corrected chi connectivity index (χ4v) is 4.60. The van der Waals surface area contributed by atoms with E-state index >= 15 is 0 Å². The first kappa shape index (κ1) is 25.7. The first-order valence-corrected chi connectivity index (χ1v) is 12.6. The van der Waals surface area contributed by atoms with Crippen LogP contribution in [0, 0.1) is 5.92 Å². The number of benzene rings is 1. The molecule has 7 heteroatoms. The van der Waals surface area contributed by atoms with Crippen molar-refractivity contribution in [3.8, 4) is 5.75 Å². The number of hydrogen-bond donors (Lipinski definition) is 1. The number of carbonyl (C=O) groups excluding carboxylic acids is 2. The van der Waals surface area contributed by atoms with Gasteiger partial charge in [-0.15, -0.1) is 0 Å². The van der Waals surface area contributed by atoms with Crippen molar-refractivity contribution in [3.63, 3.8) is 0 Å². The number of carbonyl (C=O) groups is 2. The Labute approximate surface area is 204 Å². The number of aromatic nitrogens is 1. The van der Waals surface area contributed by atoms with Crippen LogP contribution in [0.5, 0.6) is 5.75 Å².